The van der Waals surface area contributed by atoms with E-state index in [2.05, 4.69) is 10.6 Å². The Morgan fingerprint density at radius 3 is 2.25 bits per heavy atom. The van der Waals surface area contributed by atoms with Crippen molar-refractivity contribution in [3.63, 3.8) is 0 Å². The second-order valence-corrected chi connectivity index (χ2v) is 8.57. The number of hydrogen-bond donors (Lipinski definition) is 2. The van der Waals surface area contributed by atoms with Crippen LogP contribution in [-0.4, -0.2) is 46.1 Å². The molecule has 148 valence electrons. The van der Waals surface area contributed by atoms with E-state index in [-0.39, 0.29) is 11.8 Å². The third-order valence-electron chi connectivity index (χ3n) is 4.55. The van der Waals surface area contributed by atoms with E-state index in [1.807, 2.05) is 6.07 Å². The molecule has 0 aromatic heterocycles. The summed E-state index contributed by atoms with van der Waals surface area (Å²) in [6.07, 6.45) is 2.64. The van der Waals surface area contributed by atoms with Crippen LogP contribution in [0.5, 0.6) is 0 Å². The van der Waals surface area contributed by atoms with Crippen LogP contribution in [-0.2, 0) is 16.4 Å². The molecule has 1 aliphatic rings. The van der Waals surface area contributed by atoms with Gasteiger partial charge in [-0.15, -0.1) is 0 Å². The first-order chi connectivity index (χ1) is 13.4. The molecule has 0 spiro atoms. The van der Waals surface area contributed by atoms with E-state index in [0.717, 1.165) is 18.4 Å². The number of rotatable bonds is 6. The van der Waals surface area contributed by atoms with Gasteiger partial charge in [0, 0.05) is 30.8 Å². The zero-order valence-electron chi connectivity index (χ0n) is 15.6. The van der Waals surface area contributed by atoms with Crippen molar-refractivity contribution in [1.82, 2.24) is 10.6 Å². The fourth-order valence-electron chi connectivity index (χ4n) is 3.19. The molecule has 0 saturated carbocycles. The van der Waals surface area contributed by atoms with Gasteiger partial charge in [0.2, 0.25) is 10.0 Å². The quantitative estimate of drug-likeness (QED) is 0.718. The van der Waals surface area contributed by atoms with Crippen molar-refractivity contribution in [2.24, 2.45) is 0 Å². The third-order valence-corrected chi connectivity index (χ3v) is 5.73. The smallest absolute Gasteiger partial charge is 0.251 e. The van der Waals surface area contributed by atoms with E-state index >= 15 is 0 Å². The predicted octanol–water partition coefficient (Wildman–Crippen LogP) is 1.56. The summed E-state index contributed by atoms with van der Waals surface area (Å²) in [7, 11) is -3.33. The number of sulfonamides is 1. The molecule has 0 fully saturated rings. The fraction of sp³-hybridized carbons (Fsp3) is 0.300. The summed E-state index contributed by atoms with van der Waals surface area (Å²) in [5.74, 6) is -0.447. The molecule has 28 heavy (non-hydrogen) atoms. The lowest BCUT2D eigenvalue weighted by Gasteiger charge is -2.29. The number of nitrogens with one attached hydrogen (secondary N) is 2. The van der Waals surface area contributed by atoms with Gasteiger partial charge in [-0.25, -0.2) is 8.42 Å². The summed E-state index contributed by atoms with van der Waals surface area (Å²) in [4.78, 5) is 24.3. The molecule has 7 nitrogen and oxygen atoms in total. The van der Waals surface area contributed by atoms with Crippen molar-refractivity contribution < 1.29 is 18.0 Å². The highest BCUT2D eigenvalue weighted by molar-refractivity contribution is 7.92. The van der Waals surface area contributed by atoms with E-state index in [9.17, 15) is 18.0 Å². The summed E-state index contributed by atoms with van der Waals surface area (Å²) in [6.45, 7) is 1.06. The van der Waals surface area contributed by atoms with Crippen molar-refractivity contribution in [2.45, 2.75) is 12.8 Å². The van der Waals surface area contributed by atoms with E-state index in [1.165, 1.54) is 10.6 Å². The van der Waals surface area contributed by atoms with Crippen LogP contribution in [0, 0.1) is 0 Å². The van der Waals surface area contributed by atoms with Gasteiger partial charge in [0.1, 0.15) is 0 Å². The Morgan fingerprint density at radius 1 is 0.964 bits per heavy atom. The zero-order valence-corrected chi connectivity index (χ0v) is 16.5. The first kappa shape index (κ1) is 19.9. The molecule has 8 heteroatoms. The topological polar surface area (TPSA) is 95.6 Å². The van der Waals surface area contributed by atoms with Crippen molar-refractivity contribution in [3.8, 4) is 0 Å². The van der Waals surface area contributed by atoms with Gasteiger partial charge >= 0.3 is 0 Å². The lowest BCUT2D eigenvalue weighted by molar-refractivity contribution is 0.0927. The van der Waals surface area contributed by atoms with E-state index in [0.29, 0.717) is 36.4 Å². The van der Waals surface area contributed by atoms with E-state index in [4.69, 9.17) is 0 Å². The minimum absolute atomic E-state index is 0.190. The highest BCUT2D eigenvalue weighted by Gasteiger charge is 2.24. The molecule has 1 heterocycles. The normalized spacial score (nSPS) is 13.5. The minimum atomic E-state index is -3.33. The summed E-state index contributed by atoms with van der Waals surface area (Å²) >= 11 is 0. The second kappa shape index (κ2) is 8.43. The van der Waals surface area contributed by atoms with Crippen LogP contribution in [0.1, 0.15) is 32.7 Å². The lowest BCUT2D eigenvalue weighted by Crippen LogP contribution is -2.36. The maximum absolute atomic E-state index is 12.4. The third kappa shape index (κ3) is 4.69. The number of fused-ring (bicyclic) bond motifs is 1. The molecular formula is C20H23N3O4S. The zero-order chi connectivity index (χ0) is 20.1. The fourth-order valence-corrected chi connectivity index (χ4v) is 4.19. The number of amides is 2. The molecule has 0 saturated heterocycles. The van der Waals surface area contributed by atoms with Gasteiger partial charge in [-0.2, -0.15) is 0 Å². The SMILES string of the molecule is CS(=O)(=O)N1CCCc2cc(C(=O)NCCNC(=O)c3ccccc3)ccc21. The monoisotopic (exact) mass is 401 g/mol. The van der Waals surface area contributed by atoms with Gasteiger partial charge in [0.05, 0.1) is 11.9 Å². The van der Waals surface area contributed by atoms with Gasteiger partial charge < -0.3 is 10.6 Å². The number of aryl methyl sites for hydroxylation is 1. The number of anilines is 1. The van der Waals surface area contributed by atoms with Crippen LogP contribution in [0.15, 0.2) is 48.5 Å². The van der Waals surface area contributed by atoms with Gasteiger partial charge in [0.25, 0.3) is 11.8 Å². The lowest BCUT2D eigenvalue weighted by atomic mass is 10.0. The maximum Gasteiger partial charge on any atom is 0.251 e. The Hall–Kier alpha value is -2.87. The first-order valence-corrected chi connectivity index (χ1v) is 10.9. The van der Waals surface area contributed by atoms with Crippen molar-refractivity contribution in [1.29, 1.82) is 0 Å². The Morgan fingerprint density at radius 2 is 1.61 bits per heavy atom. The molecule has 0 bridgehead atoms. The van der Waals surface area contributed by atoms with Crippen LogP contribution in [0.2, 0.25) is 0 Å². The van der Waals surface area contributed by atoms with Crippen LogP contribution < -0.4 is 14.9 Å². The standard InChI is InChI=1S/C20H23N3O4S/c1-28(26,27)23-13-5-8-16-14-17(9-10-18(16)23)20(25)22-12-11-21-19(24)15-6-3-2-4-7-15/h2-4,6-7,9-10,14H,5,8,11-13H2,1H3,(H,21,24)(H,22,25). The largest absolute Gasteiger partial charge is 0.350 e. The summed E-state index contributed by atoms with van der Waals surface area (Å²) in [5, 5.41) is 5.52. The maximum atomic E-state index is 12.4. The summed E-state index contributed by atoms with van der Waals surface area (Å²) in [5.41, 5.74) is 2.53. The van der Waals surface area contributed by atoms with E-state index in [1.54, 1.807) is 42.5 Å². The molecular weight excluding hydrogens is 378 g/mol. The van der Waals surface area contributed by atoms with E-state index < -0.39 is 10.0 Å². The Bertz CT molecular complexity index is 974. The molecule has 0 radical (unpaired) electrons. The predicted molar refractivity (Wildman–Crippen MR) is 108 cm³/mol. The summed E-state index contributed by atoms with van der Waals surface area (Å²) in [6, 6.07) is 13.9. The Kier molecular flexibility index (Phi) is 5.99. The molecule has 2 amide bonds. The average molecular weight is 401 g/mol. The van der Waals surface area contributed by atoms with Crippen LogP contribution in [0.3, 0.4) is 0 Å². The number of carbonyl (C=O) groups excluding carboxylic acids is 2. The minimum Gasteiger partial charge on any atom is -0.350 e. The van der Waals surface area contributed by atoms with Crippen LogP contribution in [0.25, 0.3) is 0 Å². The van der Waals surface area contributed by atoms with Crippen LogP contribution in [0.4, 0.5) is 5.69 Å². The second-order valence-electron chi connectivity index (χ2n) is 6.66. The van der Waals surface area contributed by atoms with Gasteiger partial charge in [-0.05, 0) is 48.7 Å². The van der Waals surface area contributed by atoms with Gasteiger partial charge in [0.15, 0.2) is 0 Å². The number of carbonyl (C=O) groups is 2. The average Bonchev–Trinajstić information content (AvgIpc) is 2.70. The molecule has 2 N–H and O–H groups in total. The molecule has 0 aliphatic carbocycles. The van der Waals surface area contributed by atoms with Crippen LogP contribution >= 0.6 is 0 Å². The van der Waals surface area contributed by atoms with Gasteiger partial charge in [-0.1, -0.05) is 18.2 Å². The number of benzene rings is 2. The number of nitrogens with zero attached hydrogens (tertiary/aromatic N) is 1. The highest BCUT2D eigenvalue weighted by Crippen LogP contribution is 2.29. The molecule has 2 aromatic rings. The molecule has 2 aromatic carbocycles. The molecule has 0 atom stereocenters. The van der Waals surface area contributed by atoms with Crippen molar-refractivity contribution in [2.75, 3.05) is 30.2 Å². The van der Waals surface area contributed by atoms with Gasteiger partial charge in [-0.3, -0.25) is 13.9 Å². The Balaban J connectivity index is 1.56. The molecule has 3 rings (SSSR count). The number of hydrogen-bond acceptors (Lipinski definition) is 4. The van der Waals surface area contributed by atoms with Crippen molar-refractivity contribution in [3.05, 3.63) is 65.2 Å². The first-order valence-electron chi connectivity index (χ1n) is 9.08. The summed E-state index contributed by atoms with van der Waals surface area (Å²) < 4.78 is 25.2. The highest BCUT2D eigenvalue weighted by atomic mass is 32.2. The molecule has 0 unspecified atom stereocenters. The van der Waals surface area contributed by atoms with Crippen molar-refractivity contribution >= 4 is 27.5 Å². The molecule has 1 aliphatic heterocycles. The Labute approximate surface area is 164 Å².